The second-order valence-electron chi connectivity index (χ2n) is 33.1. The van der Waals surface area contributed by atoms with Gasteiger partial charge < -0.3 is 19.6 Å². The Bertz CT molecular complexity index is 5820. The van der Waals surface area contributed by atoms with E-state index in [2.05, 4.69) is 46.7 Å². The molecule has 0 bridgehead atoms. The maximum Gasteiger partial charge on any atom is 0.416 e. The molecular weight excluding hydrogens is 1770 g/mol. The van der Waals surface area contributed by atoms with Crippen molar-refractivity contribution in [2.24, 2.45) is 0 Å². The monoisotopic (exact) mass is 1860 g/mol. The molecule has 4 saturated heterocycles. The van der Waals surface area contributed by atoms with Crippen molar-refractivity contribution in [1.82, 2.24) is 77.6 Å². The van der Waals surface area contributed by atoms with Crippen LogP contribution in [0.2, 0.25) is 0 Å². The average Bonchev–Trinajstić information content (AvgIpc) is 1.61. The number of piperidine rings is 4. The molecule has 127 heavy (non-hydrogen) atoms. The molecule has 8 aromatic rings. The molecule has 8 aliphatic heterocycles. The number of alkyl halides is 12. The summed E-state index contributed by atoms with van der Waals surface area (Å²) in [6.45, 7) is 11.3. The van der Waals surface area contributed by atoms with E-state index >= 15 is 0 Å². The molecule has 8 aliphatic rings. The smallest absolute Gasteiger partial charge is 0.337 e. The molecule has 27 nitrogen and oxygen atoms in total. The molecule has 4 aromatic heterocycles. The van der Waals surface area contributed by atoms with Crippen LogP contribution < -0.4 is 0 Å². The molecule has 4 amide bonds. The predicted octanol–water partition coefficient (Wildman–Crippen LogP) is 12.9. The number of nitrogens with zero attached hydrogens (tertiary/aromatic N) is 12. The number of H-pyrrole nitrogens is 4. The van der Waals surface area contributed by atoms with E-state index in [9.17, 15) is 101 Å². The highest BCUT2D eigenvalue weighted by molar-refractivity contribution is 7.98. The molecule has 0 aliphatic carbocycles. The van der Waals surface area contributed by atoms with Gasteiger partial charge >= 0.3 is 24.7 Å². The third-order valence-corrected chi connectivity index (χ3v) is 32.6. The first-order chi connectivity index (χ1) is 59.8. The lowest BCUT2D eigenvalue weighted by atomic mass is 9.86. The number of fused-ring (bicyclic) bond motifs is 4. The van der Waals surface area contributed by atoms with Gasteiger partial charge in [0.05, 0.1) is 64.0 Å². The zero-order valence-electron chi connectivity index (χ0n) is 70.4. The van der Waals surface area contributed by atoms with Crippen LogP contribution in [-0.2, 0) is 116 Å². The predicted molar refractivity (Wildman–Crippen MR) is 447 cm³/mol. The van der Waals surface area contributed by atoms with Crippen molar-refractivity contribution in [3.63, 3.8) is 0 Å². The Hall–Kier alpha value is -9.53. The van der Waals surface area contributed by atoms with Crippen molar-refractivity contribution in [2.75, 3.05) is 89.8 Å². The van der Waals surface area contributed by atoms with Crippen molar-refractivity contribution in [1.29, 1.82) is 0 Å². The van der Waals surface area contributed by atoms with Crippen LogP contribution in [0.4, 0.5) is 52.7 Å². The molecule has 4 aromatic carbocycles. The summed E-state index contributed by atoms with van der Waals surface area (Å²) in [7, 11) is -12.6. The van der Waals surface area contributed by atoms with Gasteiger partial charge in [-0.3, -0.25) is 43.8 Å². The van der Waals surface area contributed by atoms with Gasteiger partial charge in [-0.2, -0.15) is 86.0 Å². The lowest BCUT2D eigenvalue weighted by Crippen LogP contribution is -2.41. The van der Waals surface area contributed by atoms with Gasteiger partial charge in [-0.1, -0.05) is 79.7 Å². The molecule has 1 unspecified atom stereocenters. The summed E-state index contributed by atoms with van der Waals surface area (Å²) < 4.78 is 252. The maximum atomic E-state index is 13.4. The van der Waals surface area contributed by atoms with Gasteiger partial charge in [0.25, 0.3) is 23.6 Å². The van der Waals surface area contributed by atoms with Crippen LogP contribution in [0.15, 0.2) is 97.1 Å². The normalized spacial score (nSPS) is 18.9. The van der Waals surface area contributed by atoms with Crippen LogP contribution in [0.1, 0.15) is 234 Å². The Morgan fingerprint density at radius 3 is 0.945 bits per heavy atom. The number of likely N-dealkylation sites (tertiary alicyclic amines) is 4. The van der Waals surface area contributed by atoms with Crippen molar-refractivity contribution in [3.05, 3.63) is 209 Å². The van der Waals surface area contributed by atoms with E-state index in [0.29, 0.717) is 189 Å². The molecular formula is C84H100F12N16O11S4. The summed E-state index contributed by atoms with van der Waals surface area (Å²) in [6, 6.07) is 22.5. The quantitative estimate of drug-likeness (QED) is 0.0547. The number of rotatable bonds is 15. The largest absolute Gasteiger partial charge is 0.416 e. The fourth-order valence-electron chi connectivity index (χ4n) is 17.9. The minimum Gasteiger partial charge on any atom is -0.337 e. The number of benzene rings is 4. The third-order valence-electron chi connectivity index (χ3n) is 25.2. The average molecular weight is 1870 g/mol. The number of amides is 4. The standard InChI is InChI=1S/C22H27F3N4O3S.C22H27F3N4O2S.C21H25F3N4O3S.C19H21F3N4O3S/c1-14(2)33(31,32)29-12-9-19-17(13-29)20(27-26-19)21(30)28-10-7-15(8-11-28)16-5-3-4-6-18(16)22(23,24)25;1-3-32(2,31)29-13-10-17-19(14-29)26-27-20(17)21(30)28-11-8-15(9-12-28)16-6-4-5-7-18(16)22(23,24)25;1-2-32(30,31)28-12-9-18-16(13-28)19(26-25-18)20(29)27-10-7-14(8-11-27)15-5-3-4-6-17(15)21(22,23)24;1-30(28,29)26-10-14-16(11-26)23-24-17(14)18(27)25-8-6-12(7-9-25)13-4-2-3-5-15(13)19(20,21)22/h3-6,14-15H,7-13H2,1-2H3,(H,26,27);4-7,15H,2-3,8-14H2,1H3,(H,26,27);3-6,14H,2,7-13H2,1H3,(H,25,26);2-5,12H,6-11H2,1H3,(H,23,24). The fraction of sp³-hybridized carbons (Fsp3) is 0.512. The minimum atomic E-state index is -4.42. The molecule has 12 heterocycles. The van der Waals surface area contributed by atoms with Crippen LogP contribution in [0.3, 0.4) is 0 Å². The minimum absolute atomic E-state index is 0.0175. The van der Waals surface area contributed by atoms with E-state index in [1.54, 1.807) is 64.6 Å². The lowest BCUT2D eigenvalue weighted by molar-refractivity contribution is -0.139. The zero-order valence-corrected chi connectivity index (χ0v) is 73.6. The van der Waals surface area contributed by atoms with Crippen molar-refractivity contribution in [3.8, 4) is 0 Å². The van der Waals surface area contributed by atoms with Crippen LogP contribution in [-0.4, -0.2) is 232 Å². The number of carbonyl (C=O) groups is 4. The van der Waals surface area contributed by atoms with Crippen LogP contribution in [0.5, 0.6) is 0 Å². The maximum absolute atomic E-state index is 13.4. The first kappa shape index (κ1) is 95.1. The summed E-state index contributed by atoms with van der Waals surface area (Å²) in [5.41, 5.74) is 5.03. The Balaban J connectivity index is 0.000000145. The molecule has 690 valence electrons. The number of hydrogen-bond acceptors (Lipinski definition) is 15. The highest BCUT2D eigenvalue weighted by Crippen LogP contribution is 2.45. The number of sulfonamides is 3. The Labute approximate surface area is 728 Å². The third kappa shape index (κ3) is 21.0. The summed E-state index contributed by atoms with van der Waals surface area (Å²) in [5.74, 6) is 2.01. The molecule has 0 radical (unpaired) electrons. The molecule has 4 N–H and O–H groups in total. The van der Waals surface area contributed by atoms with Crippen molar-refractivity contribution < 1.29 is 101 Å². The van der Waals surface area contributed by atoms with Gasteiger partial charge in [0.1, 0.15) is 0 Å². The van der Waals surface area contributed by atoms with Crippen LogP contribution in [0, 0.1) is 0 Å². The highest BCUT2D eigenvalue weighted by Gasteiger charge is 2.45. The number of hydrogen-bond donors (Lipinski definition) is 4. The van der Waals surface area contributed by atoms with Crippen LogP contribution in [0.25, 0.3) is 0 Å². The molecule has 4 fully saturated rings. The first-order valence-electron chi connectivity index (χ1n) is 41.9. The number of halogens is 12. The SMILES string of the molecule is C=S(=O)(CC)N1CCc2c(C(=O)N3CCC(c4ccccc4C(F)(F)F)CC3)n[nH]c2C1.CC(C)S(=O)(=O)N1CCc2[nH]nc(C(=O)N3CCC(c4ccccc4C(F)(F)F)CC3)c2C1.CCS(=O)(=O)N1CCc2[nH]nc(C(=O)N3CCC(c4ccccc4C(F)(F)F)CC3)c2C1.CS(=O)(=O)N1Cc2[nH]nc(C(=O)N3CCC(c4ccccc4C(F)(F)F)CC3)c2C1. The number of aromatic amines is 4. The Morgan fingerprint density at radius 2 is 0.638 bits per heavy atom. The van der Waals surface area contributed by atoms with Crippen molar-refractivity contribution >= 4 is 69.3 Å². The zero-order chi connectivity index (χ0) is 91.8. The Kier molecular flexibility index (Phi) is 28.4. The number of nitrogens with one attached hydrogen (secondary N) is 4. The summed E-state index contributed by atoms with van der Waals surface area (Å²) in [5, 5.41) is 27.4. The van der Waals surface area contributed by atoms with Gasteiger partial charge in [0.15, 0.2) is 22.8 Å². The van der Waals surface area contributed by atoms with E-state index < -0.39 is 92.0 Å². The molecule has 43 heteroatoms. The molecule has 1 atom stereocenters. The summed E-state index contributed by atoms with van der Waals surface area (Å²) in [4.78, 5) is 58.8. The fourth-order valence-corrected chi connectivity index (χ4v) is 22.1. The Morgan fingerprint density at radius 1 is 0.370 bits per heavy atom. The summed E-state index contributed by atoms with van der Waals surface area (Å²) in [6.07, 6.45) is -11.6. The number of carbonyl (C=O) groups excluding carboxylic acids is 4. The van der Waals surface area contributed by atoms with Gasteiger partial charge in [0, 0.05) is 154 Å². The number of aromatic nitrogens is 8. The van der Waals surface area contributed by atoms with E-state index in [1.807, 2.05) is 11.2 Å². The first-order valence-corrected chi connectivity index (χ1v) is 48.7. The second-order valence-corrected chi connectivity index (χ2v) is 42.5. The van der Waals surface area contributed by atoms with E-state index in [0.717, 1.165) is 53.2 Å². The van der Waals surface area contributed by atoms with E-state index in [-0.39, 0.29) is 113 Å². The molecule has 0 spiro atoms. The summed E-state index contributed by atoms with van der Waals surface area (Å²) >= 11 is 0. The van der Waals surface area contributed by atoms with Gasteiger partial charge in [-0.15, -0.1) is 0 Å². The van der Waals surface area contributed by atoms with Crippen molar-refractivity contribution in [2.45, 2.75) is 185 Å². The van der Waals surface area contributed by atoms with E-state index in [1.165, 1.54) is 61.4 Å². The topological polar surface area (TPSA) is 328 Å². The highest BCUT2D eigenvalue weighted by atomic mass is 32.2. The van der Waals surface area contributed by atoms with Gasteiger partial charge in [0.2, 0.25) is 30.1 Å². The van der Waals surface area contributed by atoms with Gasteiger partial charge in [-0.05, 0) is 155 Å². The molecule has 0 saturated carbocycles. The molecule has 16 rings (SSSR count). The second kappa shape index (κ2) is 37.9. The van der Waals surface area contributed by atoms with Gasteiger partial charge in [-0.25, -0.2) is 29.6 Å². The van der Waals surface area contributed by atoms with Crippen LogP contribution >= 0.6 is 0 Å². The van der Waals surface area contributed by atoms with E-state index in [4.69, 9.17) is 0 Å². The lowest BCUT2D eigenvalue weighted by Gasteiger charge is -2.33.